The van der Waals surface area contributed by atoms with Crippen LogP contribution in [0.4, 0.5) is 0 Å². The lowest BCUT2D eigenvalue weighted by atomic mass is 10.1. The normalized spacial score (nSPS) is 12.7. The molecule has 1 N–H and O–H groups in total. The standard InChI is InChI=1S/C15H20N2O2/c1-11(2)19-13-6-4-5-12(9-13)14(18)10-15-16-7-8-17(15)3/h4-9,11,14,18H,10H2,1-3H3. The maximum absolute atomic E-state index is 10.3. The Balaban J connectivity index is 2.10. The smallest absolute Gasteiger partial charge is 0.120 e. The molecule has 0 aliphatic heterocycles. The topological polar surface area (TPSA) is 47.3 Å². The molecule has 0 fully saturated rings. The van der Waals surface area contributed by atoms with E-state index in [9.17, 15) is 5.11 Å². The fourth-order valence-corrected chi connectivity index (χ4v) is 1.95. The molecule has 0 saturated heterocycles. The molecule has 0 amide bonds. The summed E-state index contributed by atoms with van der Waals surface area (Å²) in [6.07, 6.45) is 3.66. The van der Waals surface area contributed by atoms with Gasteiger partial charge in [0, 0.05) is 25.9 Å². The van der Waals surface area contributed by atoms with Crippen molar-refractivity contribution in [1.29, 1.82) is 0 Å². The Labute approximate surface area is 113 Å². The fraction of sp³-hybridized carbons (Fsp3) is 0.400. The summed E-state index contributed by atoms with van der Waals surface area (Å²) in [7, 11) is 1.92. The van der Waals surface area contributed by atoms with Crippen LogP contribution in [0.3, 0.4) is 0 Å². The number of imidazole rings is 1. The van der Waals surface area contributed by atoms with E-state index in [1.807, 2.05) is 55.9 Å². The number of nitrogens with zero attached hydrogens (tertiary/aromatic N) is 2. The van der Waals surface area contributed by atoms with Crippen LogP contribution in [0.5, 0.6) is 5.75 Å². The molecule has 102 valence electrons. The SMILES string of the molecule is CC(C)Oc1cccc(C(O)Cc2nccn2C)c1. The summed E-state index contributed by atoms with van der Waals surface area (Å²) in [5.74, 6) is 1.65. The second kappa shape index (κ2) is 5.89. The first-order valence-corrected chi connectivity index (χ1v) is 6.47. The van der Waals surface area contributed by atoms with Gasteiger partial charge in [0.2, 0.25) is 0 Å². The second-order valence-electron chi connectivity index (χ2n) is 4.91. The molecule has 0 saturated carbocycles. The molecule has 0 radical (unpaired) electrons. The first kappa shape index (κ1) is 13.6. The van der Waals surface area contributed by atoms with E-state index in [0.717, 1.165) is 17.1 Å². The third-order valence-electron chi connectivity index (χ3n) is 2.91. The number of aryl methyl sites for hydroxylation is 1. The van der Waals surface area contributed by atoms with Gasteiger partial charge in [-0.05, 0) is 31.5 Å². The van der Waals surface area contributed by atoms with Crippen molar-refractivity contribution in [1.82, 2.24) is 9.55 Å². The minimum Gasteiger partial charge on any atom is -0.491 e. The van der Waals surface area contributed by atoms with Crippen molar-refractivity contribution in [2.75, 3.05) is 0 Å². The van der Waals surface area contributed by atoms with Crippen LogP contribution in [-0.2, 0) is 13.5 Å². The van der Waals surface area contributed by atoms with Gasteiger partial charge in [-0.25, -0.2) is 4.98 Å². The first-order valence-electron chi connectivity index (χ1n) is 6.47. The van der Waals surface area contributed by atoms with Gasteiger partial charge < -0.3 is 14.4 Å². The van der Waals surface area contributed by atoms with E-state index in [4.69, 9.17) is 4.74 Å². The molecule has 0 aliphatic carbocycles. The highest BCUT2D eigenvalue weighted by Crippen LogP contribution is 2.22. The lowest BCUT2D eigenvalue weighted by Gasteiger charge is -2.14. The Kier molecular flexibility index (Phi) is 4.22. The van der Waals surface area contributed by atoms with Crippen molar-refractivity contribution in [3.8, 4) is 5.75 Å². The Hall–Kier alpha value is -1.81. The lowest BCUT2D eigenvalue weighted by Crippen LogP contribution is -2.08. The van der Waals surface area contributed by atoms with Crippen molar-refractivity contribution in [2.45, 2.75) is 32.5 Å². The number of ether oxygens (including phenoxy) is 1. The van der Waals surface area contributed by atoms with E-state index in [0.29, 0.717) is 6.42 Å². The van der Waals surface area contributed by atoms with Gasteiger partial charge in [0.05, 0.1) is 12.2 Å². The van der Waals surface area contributed by atoms with E-state index in [1.54, 1.807) is 6.20 Å². The Morgan fingerprint density at radius 3 is 2.79 bits per heavy atom. The molecule has 0 bridgehead atoms. The van der Waals surface area contributed by atoms with E-state index < -0.39 is 6.10 Å². The summed E-state index contributed by atoms with van der Waals surface area (Å²) < 4.78 is 7.55. The summed E-state index contributed by atoms with van der Waals surface area (Å²) in [6.45, 7) is 3.97. The molecule has 1 heterocycles. The van der Waals surface area contributed by atoms with Crippen LogP contribution in [0.25, 0.3) is 0 Å². The van der Waals surface area contributed by atoms with Gasteiger partial charge in [0.15, 0.2) is 0 Å². The summed E-state index contributed by atoms with van der Waals surface area (Å²) in [5, 5.41) is 10.3. The third-order valence-corrected chi connectivity index (χ3v) is 2.91. The van der Waals surface area contributed by atoms with Gasteiger partial charge in [-0.2, -0.15) is 0 Å². The van der Waals surface area contributed by atoms with Crippen LogP contribution in [0.2, 0.25) is 0 Å². The molecular formula is C15H20N2O2. The largest absolute Gasteiger partial charge is 0.491 e. The van der Waals surface area contributed by atoms with Gasteiger partial charge in [0.1, 0.15) is 11.6 Å². The zero-order chi connectivity index (χ0) is 13.8. The maximum atomic E-state index is 10.3. The Morgan fingerprint density at radius 2 is 2.16 bits per heavy atom. The highest BCUT2D eigenvalue weighted by Gasteiger charge is 2.12. The Morgan fingerprint density at radius 1 is 1.37 bits per heavy atom. The van der Waals surface area contributed by atoms with E-state index >= 15 is 0 Å². The first-order chi connectivity index (χ1) is 9.06. The third kappa shape index (κ3) is 3.58. The van der Waals surface area contributed by atoms with E-state index in [-0.39, 0.29) is 6.10 Å². The zero-order valence-corrected chi connectivity index (χ0v) is 11.6. The van der Waals surface area contributed by atoms with Crippen LogP contribution in [0, 0.1) is 0 Å². The van der Waals surface area contributed by atoms with Crippen LogP contribution < -0.4 is 4.74 Å². The maximum Gasteiger partial charge on any atom is 0.120 e. The number of aliphatic hydroxyl groups is 1. The summed E-state index contributed by atoms with van der Waals surface area (Å²) >= 11 is 0. The molecule has 2 aromatic rings. The van der Waals surface area contributed by atoms with Gasteiger partial charge >= 0.3 is 0 Å². The Bertz CT molecular complexity index is 534. The van der Waals surface area contributed by atoms with Gasteiger partial charge in [-0.1, -0.05) is 12.1 Å². The lowest BCUT2D eigenvalue weighted by molar-refractivity contribution is 0.173. The minimum absolute atomic E-state index is 0.127. The van der Waals surface area contributed by atoms with Crippen molar-refractivity contribution in [2.24, 2.45) is 7.05 Å². The predicted molar refractivity (Wildman–Crippen MR) is 74.1 cm³/mol. The molecule has 2 rings (SSSR count). The highest BCUT2D eigenvalue weighted by atomic mass is 16.5. The zero-order valence-electron chi connectivity index (χ0n) is 11.6. The van der Waals surface area contributed by atoms with Crippen molar-refractivity contribution >= 4 is 0 Å². The van der Waals surface area contributed by atoms with Gasteiger partial charge in [-0.15, -0.1) is 0 Å². The molecular weight excluding hydrogens is 240 g/mol. The highest BCUT2D eigenvalue weighted by molar-refractivity contribution is 5.30. The average molecular weight is 260 g/mol. The number of rotatable bonds is 5. The van der Waals surface area contributed by atoms with Crippen molar-refractivity contribution in [3.05, 3.63) is 48.0 Å². The van der Waals surface area contributed by atoms with Crippen LogP contribution >= 0.6 is 0 Å². The average Bonchev–Trinajstić information content (AvgIpc) is 2.74. The molecule has 1 aromatic heterocycles. The predicted octanol–water partition coefficient (Wildman–Crippen LogP) is 2.48. The second-order valence-corrected chi connectivity index (χ2v) is 4.91. The number of aliphatic hydroxyl groups excluding tert-OH is 1. The van der Waals surface area contributed by atoms with Crippen LogP contribution in [-0.4, -0.2) is 20.8 Å². The molecule has 4 nitrogen and oxygen atoms in total. The molecule has 1 aromatic carbocycles. The monoisotopic (exact) mass is 260 g/mol. The number of hydrogen-bond donors (Lipinski definition) is 1. The van der Waals surface area contributed by atoms with Crippen LogP contribution in [0.1, 0.15) is 31.3 Å². The fourth-order valence-electron chi connectivity index (χ4n) is 1.95. The van der Waals surface area contributed by atoms with Gasteiger partial charge in [-0.3, -0.25) is 0 Å². The molecule has 1 atom stereocenters. The minimum atomic E-state index is -0.572. The molecule has 4 heteroatoms. The number of aromatic nitrogens is 2. The quantitative estimate of drug-likeness (QED) is 0.898. The number of hydrogen-bond acceptors (Lipinski definition) is 3. The van der Waals surface area contributed by atoms with Crippen molar-refractivity contribution < 1.29 is 9.84 Å². The van der Waals surface area contributed by atoms with Crippen molar-refractivity contribution in [3.63, 3.8) is 0 Å². The molecule has 0 aliphatic rings. The summed E-state index contributed by atoms with van der Waals surface area (Å²) in [4.78, 5) is 4.22. The molecule has 1 unspecified atom stereocenters. The molecule has 0 spiro atoms. The van der Waals surface area contributed by atoms with Gasteiger partial charge in [0.25, 0.3) is 0 Å². The molecule has 19 heavy (non-hydrogen) atoms. The summed E-state index contributed by atoms with van der Waals surface area (Å²) in [5.41, 5.74) is 0.848. The van der Waals surface area contributed by atoms with Crippen LogP contribution in [0.15, 0.2) is 36.7 Å². The summed E-state index contributed by atoms with van der Waals surface area (Å²) in [6, 6.07) is 7.58. The number of benzene rings is 1. The van der Waals surface area contributed by atoms with E-state index in [2.05, 4.69) is 4.98 Å². The van der Waals surface area contributed by atoms with E-state index in [1.165, 1.54) is 0 Å².